The highest BCUT2D eigenvalue weighted by molar-refractivity contribution is 5.64. The van der Waals surface area contributed by atoms with Crippen LogP contribution in [-0.4, -0.2) is 41.4 Å². The van der Waals surface area contributed by atoms with Crippen LogP contribution in [0.1, 0.15) is 19.5 Å². The van der Waals surface area contributed by atoms with Crippen molar-refractivity contribution >= 4 is 11.5 Å². The molecule has 1 rings (SSSR count). The summed E-state index contributed by atoms with van der Waals surface area (Å²) in [6.07, 6.45) is 0. The van der Waals surface area contributed by atoms with Gasteiger partial charge < -0.3 is 16.0 Å². The first-order chi connectivity index (χ1) is 7.47. The predicted octanol–water partition coefficient (Wildman–Crippen LogP) is 1.16. The highest BCUT2D eigenvalue weighted by atomic mass is 15.3. The van der Waals surface area contributed by atoms with E-state index in [1.165, 1.54) is 0 Å². The van der Waals surface area contributed by atoms with Crippen molar-refractivity contribution in [1.82, 2.24) is 14.7 Å². The minimum absolute atomic E-state index is 0.458. The van der Waals surface area contributed by atoms with Crippen molar-refractivity contribution in [3.63, 3.8) is 0 Å². The topological polar surface area (TPSA) is 59.1 Å². The second-order valence-corrected chi connectivity index (χ2v) is 4.36. The molecular formula is C11H23N5. The van der Waals surface area contributed by atoms with Crippen molar-refractivity contribution in [2.24, 2.45) is 0 Å². The predicted molar refractivity (Wildman–Crippen MR) is 68.7 cm³/mol. The fraction of sp³-hybridized carbons (Fsp3) is 0.727. The number of aromatic nitrogens is 2. The molecule has 0 aliphatic heterocycles. The maximum atomic E-state index is 5.98. The molecule has 3 N–H and O–H groups in total. The number of hydrogen-bond donors (Lipinski definition) is 2. The van der Waals surface area contributed by atoms with Crippen molar-refractivity contribution < 1.29 is 0 Å². The van der Waals surface area contributed by atoms with Gasteiger partial charge in [0.2, 0.25) is 0 Å². The van der Waals surface area contributed by atoms with E-state index in [0.717, 1.165) is 30.3 Å². The van der Waals surface area contributed by atoms with Crippen molar-refractivity contribution in [3.05, 3.63) is 5.69 Å². The minimum Gasteiger partial charge on any atom is -0.394 e. The fourth-order valence-corrected chi connectivity index (χ4v) is 1.44. The summed E-state index contributed by atoms with van der Waals surface area (Å²) in [5.41, 5.74) is 7.63. The van der Waals surface area contributed by atoms with Crippen LogP contribution in [-0.2, 0) is 6.54 Å². The standard InChI is InChI=1S/C11H23N5/c1-6-16-11(10(12)9(3)14-16)13-7-8(2)15(4)5/h8,13H,6-7,12H2,1-5H3. The third-order valence-corrected chi connectivity index (χ3v) is 2.92. The Morgan fingerprint density at radius 2 is 2.12 bits per heavy atom. The number of aryl methyl sites for hydroxylation is 2. The Balaban J connectivity index is 2.73. The monoisotopic (exact) mass is 225 g/mol. The van der Waals surface area contributed by atoms with Crippen LogP contribution in [0.25, 0.3) is 0 Å². The van der Waals surface area contributed by atoms with E-state index in [-0.39, 0.29) is 0 Å². The zero-order valence-corrected chi connectivity index (χ0v) is 10.9. The lowest BCUT2D eigenvalue weighted by Gasteiger charge is -2.21. The molecule has 1 unspecified atom stereocenters. The van der Waals surface area contributed by atoms with E-state index in [4.69, 9.17) is 5.73 Å². The molecule has 0 aliphatic rings. The van der Waals surface area contributed by atoms with Crippen molar-refractivity contribution in [2.75, 3.05) is 31.7 Å². The number of anilines is 2. The molecule has 0 amide bonds. The summed E-state index contributed by atoms with van der Waals surface area (Å²) < 4.78 is 1.91. The SMILES string of the molecule is CCn1nc(C)c(N)c1NCC(C)N(C)C. The Bertz CT molecular complexity index is 342. The van der Waals surface area contributed by atoms with Crippen LogP contribution in [0.3, 0.4) is 0 Å². The molecule has 0 aromatic carbocycles. The summed E-state index contributed by atoms with van der Waals surface area (Å²) in [4.78, 5) is 2.17. The second-order valence-electron chi connectivity index (χ2n) is 4.36. The molecule has 0 radical (unpaired) electrons. The van der Waals surface area contributed by atoms with Gasteiger partial charge in [-0.1, -0.05) is 0 Å². The summed E-state index contributed by atoms with van der Waals surface area (Å²) in [5, 5.41) is 7.74. The van der Waals surface area contributed by atoms with Crippen LogP contribution < -0.4 is 11.1 Å². The van der Waals surface area contributed by atoms with E-state index >= 15 is 0 Å². The first kappa shape index (κ1) is 12.8. The lowest BCUT2D eigenvalue weighted by molar-refractivity contribution is 0.325. The Labute approximate surface area is 97.6 Å². The van der Waals surface area contributed by atoms with Crippen LogP contribution in [0.2, 0.25) is 0 Å². The van der Waals surface area contributed by atoms with E-state index < -0.39 is 0 Å². The van der Waals surface area contributed by atoms with Crippen LogP contribution in [0.4, 0.5) is 11.5 Å². The van der Waals surface area contributed by atoms with Crippen molar-refractivity contribution in [1.29, 1.82) is 0 Å². The summed E-state index contributed by atoms with van der Waals surface area (Å²) in [7, 11) is 4.14. The molecular weight excluding hydrogens is 202 g/mol. The van der Waals surface area contributed by atoms with Gasteiger partial charge in [0.1, 0.15) is 5.82 Å². The summed E-state index contributed by atoms with van der Waals surface area (Å²) >= 11 is 0. The largest absolute Gasteiger partial charge is 0.394 e. The number of nitrogens with two attached hydrogens (primary N) is 1. The lowest BCUT2D eigenvalue weighted by Crippen LogP contribution is -2.32. The molecule has 5 nitrogen and oxygen atoms in total. The zero-order valence-electron chi connectivity index (χ0n) is 10.9. The average Bonchev–Trinajstić information content (AvgIpc) is 2.51. The Hall–Kier alpha value is -1.23. The maximum absolute atomic E-state index is 5.98. The normalized spacial score (nSPS) is 13.1. The second kappa shape index (κ2) is 5.21. The van der Waals surface area contributed by atoms with Gasteiger partial charge in [0.05, 0.1) is 11.4 Å². The van der Waals surface area contributed by atoms with Gasteiger partial charge in [-0.25, -0.2) is 4.68 Å². The summed E-state index contributed by atoms with van der Waals surface area (Å²) in [6.45, 7) is 7.86. The van der Waals surface area contributed by atoms with Gasteiger partial charge in [-0.2, -0.15) is 5.10 Å². The molecule has 1 atom stereocenters. The van der Waals surface area contributed by atoms with Crippen molar-refractivity contribution in [3.8, 4) is 0 Å². The minimum atomic E-state index is 0.458. The van der Waals surface area contributed by atoms with E-state index in [9.17, 15) is 0 Å². The van der Waals surface area contributed by atoms with Gasteiger partial charge in [0, 0.05) is 19.1 Å². The quantitative estimate of drug-likeness (QED) is 0.789. The molecule has 1 aromatic heterocycles. The van der Waals surface area contributed by atoms with Crippen LogP contribution in [0.5, 0.6) is 0 Å². The number of nitrogen functional groups attached to an aromatic ring is 1. The van der Waals surface area contributed by atoms with E-state index in [1.54, 1.807) is 0 Å². The van der Waals surface area contributed by atoms with Gasteiger partial charge in [-0.15, -0.1) is 0 Å². The van der Waals surface area contributed by atoms with E-state index in [2.05, 4.69) is 43.3 Å². The first-order valence-electron chi connectivity index (χ1n) is 5.70. The van der Waals surface area contributed by atoms with Gasteiger partial charge in [0.25, 0.3) is 0 Å². The molecule has 0 bridgehead atoms. The van der Waals surface area contributed by atoms with Gasteiger partial charge >= 0.3 is 0 Å². The van der Waals surface area contributed by atoms with Gasteiger partial charge in [-0.05, 0) is 34.9 Å². The molecule has 0 saturated carbocycles. The lowest BCUT2D eigenvalue weighted by atomic mass is 10.3. The third-order valence-electron chi connectivity index (χ3n) is 2.92. The molecule has 0 aliphatic carbocycles. The molecule has 92 valence electrons. The number of rotatable bonds is 5. The molecule has 0 saturated heterocycles. The smallest absolute Gasteiger partial charge is 0.148 e. The van der Waals surface area contributed by atoms with E-state index in [0.29, 0.717) is 6.04 Å². The fourth-order valence-electron chi connectivity index (χ4n) is 1.44. The third kappa shape index (κ3) is 2.66. The first-order valence-corrected chi connectivity index (χ1v) is 5.70. The van der Waals surface area contributed by atoms with Crippen LogP contribution in [0, 0.1) is 6.92 Å². The highest BCUT2D eigenvalue weighted by Gasteiger charge is 2.12. The number of hydrogen-bond acceptors (Lipinski definition) is 4. The molecule has 1 heterocycles. The summed E-state index contributed by atoms with van der Waals surface area (Å²) in [5.74, 6) is 0.939. The highest BCUT2D eigenvalue weighted by Crippen LogP contribution is 2.21. The molecule has 5 heteroatoms. The van der Waals surface area contributed by atoms with Crippen molar-refractivity contribution in [2.45, 2.75) is 33.4 Å². The zero-order chi connectivity index (χ0) is 12.3. The van der Waals surface area contributed by atoms with Crippen LogP contribution in [0.15, 0.2) is 0 Å². The molecule has 1 aromatic rings. The van der Waals surface area contributed by atoms with Gasteiger partial charge in [0.15, 0.2) is 0 Å². The number of nitrogens with zero attached hydrogens (tertiary/aromatic N) is 3. The average molecular weight is 225 g/mol. The Morgan fingerprint density at radius 1 is 1.50 bits per heavy atom. The summed E-state index contributed by atoms with van der Waals surface area (Å²) in [6, 6.07) is 0.458. The Kier molecular flexibility index (Phi) is 4.18. The number of nitrogens with one attached hydrogen (secondary N) is 1. The maximum Gasteiger partial charge on any atom is 0.148 e. The van der Waals surface area contributed by atoms with Crippen LogP contribution >= 0.6 is 0 Å². The van der Waals surface area contributed by atoms with Gasteiger partial charge in [-0.3, -0.25) is 0 Å². The molecule has 0 fully saturated rings. The number of likely N-dealkylation sites (N-methyl/N-ethyl adjacent to an activating group) is 1. The van der Waals surface area contributed by atoms with E-state index in [1.807, 2.05) is 11.6 Å². The Morgan fingerprint density at radius 3 is 2.62 bits per heavy atom. The molecule has 0 spiro atoms. The molecule has 16 heavy (non-hydrogen) atoms.